The van der Waals surface area contributed by atoms with Crippen LogP contribution in [0.5, 0.6) is 0 Å². The van der Waals surface area contributed by atoms with Crippen molar-refractivity contribution in [3.8, 4) is 5.69 Å². The summed E-state index contributed by atoms with van der Waals surface area (Å²) in [6, 6.07) is 4.18. The summed E-state index contributed by atoms with van der Waals surface area (Å²) in [5.41, 5.74) is -2.70. The first-order valence-corrected chi connectivity index (χ1v) is 5.58. The van der Waals surface area contributed by atoms with E-state index >= 15 is 0 Å². The molecule has 0 amide bonds. The molecule has 19 heavy (non-hydrogen) atoms. The number of aromatic nitrogens is 3. The first-order chi connectivity index (χ1) is 8.90. The lowest BCUT2D eigenvalue weighted by Crippen LogP contribution is -2.35. The number of aromatic amines is 1. The van der Waals surface area contributed by atoms with Crippen LogP contribution in [-0.2, 0) is 0 Å². The molecule has 0 saturated heterocycles. The van der Waals surface area contributed by atoms with Gasteiger partial charge in [-0.3, -0.25) is 9.78 Å². The monoisotopic (exact) mass is 301 g/mol. The number of carbonyl (C=O) groups is 1. The quantitative estimate of drug-likeness (QED) is 0.858. The molecule has 0 fully saturated rings. The molecule has 0 aliphatic rings. The molecule has 2 rings (SSSR count). The lowest BCUT2D eigenvalue weighted by molar-refractivity contribution is 0.0685. The van der Waals surface area contributed by atoms with Crippen molar-refractivity contribution < 1.29 is 9.90 Å². The summed E-state index contributed by atoms with van der Waals surface area (Å²) >= 11 is 11.6. The zero-order valence-corrected chi connectivity index (χ0v) is 10.6. The highest BCUT2D eigenvalue weighted by Gasteiger charge is 2.16. The molecule has 0 unspecified atom stereocenters. The van der Waals surface area contributed by atoms with Crippen LogP contribution in [0, 0.1) is 0 Å². The molecule has 9 heteroatoms. The van der Waals surface area contributed by atoms with E-state index in [1.165, 1.54) is 18.2 Å². The molecular formula is C10H5Cl2N3O4. The number of halogens is 2. The van der Waals surface area contributed by atoms with E-state index in [1.54, 1.807) is 0 Å². The van der Waals surface area contributed by atoms with E-state index in [-0.39, 0.29) is 10.7 Å². The summed E-state index contributed by atoms with van der Waals surface area (Å²) in [7, 11) is 0. The number of nitrogens with zero attached hydrogens (tertiary/aromatic N) is 2. The minimum absolute atomic E-state index is 0.0884. The van der Waals surface area contributed by atoms with Gasteiger partial charge in [-0.05, 0) is 18.2 Å². The van der Waals surface area contributed by atoms with Crippen LogP contribution in [0.15, 0.2) is 27.8 Å². The predicted octanol–water partition coefficient (Wildman–Crippen LogP) is 0.926. The Bertz CT molecular complexity index is 781. The zero-order chi connectivity index (χ0) is 14.2. The molecule has 0 radical (unpaired) electrons. The summed E-state index contributed by atoms with van der Waals surface area (Å²) in [6.45, 7) is 0. The van der Waals surface area contributed by atoms with Crippen LogP contribution in [0.2, 0.25) is 10.0 Å². The molecule has 2 N–H and O–H groups in total. The van der Waals surface area contributed by atoms with Crippen LogP contribution < -0.4 is 11.2 Å². The normalized spacial score (nSPS) is 10.4. The molecule has 1 heterocycles. The van der Waals surface area contributed by atoms with Gasteiger partial charge in [0, 0.05) is 5.02 Å². The Morgan fingerprint density at radius 2 is 2.00 bits per heavy atom. The van der Waals surface area contributed by atoms with Gasteiger partial charge in [-0.25, -0.2) is 9.59 Å². The highest BCUT2D eigenvalue weighted by atomic mass is 35.5. The molecule has 0 saturated carbocycles. The molecule has 0 spiro atoms. The minimum Gasteiger partial charge on any atom is -0.476 e. The number of rotatable bonds is 2. The van der Waals surface area contributed by atoms with Crippen LogP contribution >= 0.6 is 23.2 Å². The minimum atomic E-state index is -1.56. The van der Waals surface area contributed by atoms with Gasteiger partial charge in [0.1, 0.15) is 0 Å². The van der Waals surface area contributed by atoms with Crippen molar-refractivity contribution >= 4 is 29.2 Å². The number of nitrogens with one attached hydrogen (secondary N) is 1. The molecule has 1 aromatic heterocycles. The van der Waals surface area contributed by atoms with Gasteiger partial charge >= 0.3 is 11.7 Å². The van der Waals surface area contributed by atoms with Gasteiger partial charge in [0.25, 0.3) is 5.56 Å². The Balaban J connectivity index is 2.75. The number of hydrogen-bond donors (Lipinski definition) is 2. The van der Waals surface area contributed by atoms with Crippen molar-refractivity contribution in [2.75, 3.05) is 0 Å². The van der Waals surface area contributed by atoms with E-state index in [1.807, 2.05) is 4.98 Å². The fourth-order valence-corrected chi connectivity index (χ4v) is 1.84. The zero-order valence-electron chi connectivity index (χ0n) is 9.05. The molecule has 0 atom stereocenters. The van der Waals surface area contributed by atoms with Gasteiger partial charge in [0.15, 0.2) is 0 Å². The molecule has 1 aromatic carbocycles. The largest absolute Gasteiger partial charge is 0.476 e. The van der Waals surface area contributed by atoms with E-state index in [9.17, 15) is 14.4 Å². The third-order valence-corrected chi connectivity index (χ3v) is 2.71. The number of aromatic carboxylic acids is 1. The standard InChI is InChI=1S/C10H5Cl2N3O4/c11-4-1-2-6(5(12)3-4)15-10(19)13-8(16)7(14-15)9(17)18/h1-3H,(H,17,18)(H,13,16,19). The molecular weight excluding hydrogens is 297 g/mol. The molecule has 0 aliphatic heterocycles. The van der Waals surface area contributed by atoms with Crippen molar-refractivity contribution in [2.45, 2.75) is 0 Å². The fraction of sp³-hybridized carbons (Fsp3) is 0. The first kappa shape index (κ1) is 13.3. The average molecular weight is 302 g/mol. The lowest BCUT2D eigenvalue weighted by Gasteiger charge is -2.06. The van der Waals surface area contributed by atoms with E-state index in [0.29, 0.717) is 9.70 Å². The molecule has 7 nitrogen and oxygen atoms in total. The van der Waals surface area contributed by atoms with Crippen molar-refractivity contribution in [3.05, 3.63) is 54.8 Å². The smallest absolute Gasteiger partial charge is 0.362 e. The van der Waals surface area contributed by atoms with E-state index < -0.39 is 22.9 Å². The summed E-state index contributed by atoms with van der Waals surface area (Å²) in [4.78, 5) is 35.5. The van der Waals surface area contributed by atoms with Gasteiger partial charge in [0.05, 0.1) is 10.7 Å². The second-order valence-electron chi connectivity index (χ2n) is 3.42. The summed E-state index contributed by atoms with van der Waals surface area (Å²) in [6.07, 6.45) is 0. The van der Waals surface area contributed by atoms with Crippen LogP contribution in [0.4, 0.5) is 0 Å². The summed E-state index contributed by atoms with van der Waals surface area (Å²) in [5.74, 6) is -1.56. The molecule has 0 aliphatic carbocycles. The van der Waals surface area contributed by atoms with Gasteiger partial charge in [-0.1, -0.05) is 23.2 Å². The summed E-state index contributed by atoms with van der Waals surface area (Å²) < 4.78 is 0.684. The third-order valence-electron chi connectivity index (χ3n) is 2.17. The molecule has 98 valence electrons. The van der Waals surface area contributed by atoms with Gasteiger partial charge in [0.2, 0.25) is 5.69 Å². The van der Waals surface area contributed by atoms with E-state index in [2.05, 4.69) is 5.10 Å². The highest BCUT2D eigenvalue weighted by molar-refractivity contribution is 6.35. The first-order valence-electron chi connectivity index (χ1n) is 4.82. The number of benzene rings is 1. The number of carboxylic acid groups (broad SMARTS) is 1. The second kappa shape index (κ2) is 4.87. The number of H-pyrrole nitrogens is 1. The van der Waals surface area contributed by atoms with E-state index in [4.69, 9.17) is 28.3 Å². The lowest BCUT2D eigenvalue weighted by atomic mass is 10.3. The van der Waals surface area contributed by atoms with Crippen molar-refractivity contribution in [2.24, 2.45) is 0 Å². The SMILES string of the molecule is O=C(O)c1nn(-c2ccc(Cl)cc2Cl)c(=O)[nH]c1=O. The maximum Gasteiger partial charge on any atom is 0.362 e. The van der Waals surface area contributed by atoms with E-state index in [0.717, 1.165) is 0 Å². The van der Waals surface area contributed by atoms with Crippen LogP contribution in [0.1, 0.15) is 10.5 Å². The van der Waals surface area contributed by atoms with Crippen LogP contribution in [-0.4, -0.2) is 25.8 Å². The Hall–Kier alpha value is -2.12. The van der Waals surface area contributed by atoms with Gasteiger partial charge in [-0.2, -0.15) is 9.78 Å². The van der Waals surface area contributed by atoms with Crippen molar-refractivity contribution in [3.63, 3.8) is 0 Å². The van der Waals surface area contributed by atoms with Crippen LogP contribution in [0.25, 0.3) is 5.69 Å². The highest BCUT2D eigenvalue weighted by Crippen LogP contribution is 2.22. The average Bonchev–Trinajstić information content (AvgIpc) is 2.30. The van der Waals surface area contributed by atoms with Crippen LogP contribution in [0.3, 0.4) is 0 Å². The summed E-state index contributed by atoms with van der Waals surface area (Å²) in [5, 5.41) is 12.7. The second-order valence-corrected chi connectivity index (χ2v) is 4.26. The number of hydrogen-bond acceptors (Lipinski definition) is 4. The van der Waals surface area contributed by atoms with Crippen molar-refractivity contribution in [1.82, 2.24) is 14.8 Å². The predicted molar refractivity (Wildman–Crippen MR) is 67.4 cm³/mol. The van der Waals surface area contributed by atoms with Gasteiger partial charge < -0.3 is 5.11 Å². The Kier molecular flexibility index (Phi) is 3.41. The van der Waals surface area contributed by atoms with Gasteiger partial charge in [-0.15, -0.1) is 0 Å². The Labute approximate surface area is 115 Å². The Morgan fingerprint density at radius 3 is 2.58 bits per heavy atom. The molecule has 2 aromatic rings. The molecule has 0 bridgehead atoms. The third kappa shape index (κ3) is 2.51. The topological polar surface area (TPSA) is 105 Å². The maximum atomic E-state index is 11.6. The van der Waals surface area contributed by atoms with Crippen molar-refractivity contribution in [1.29, 1.82) is 0 Å². The maximum absolute atomic E-state index is 11.6. The fourth-order valence-electron chi connectivity index (χ4n) is 1.36. The number of carboxylic acids is 1. The Morgan fingerprint density at radius 1 is 1.32 bits per heavy atom.